The van der Waals surface area contributed by atoms with Gasteiger partial charge >= 0.3 is 5.97 Å². The van der Waals surface area contributed by atoms with E-state index in [4.69, 9.17) is 25.5 Å². The molecule has 1 heterocycles. The third kappa shape index (κ3) is 8.00. The van der Waals surface area contributed by atoms with E-state index in [2.05, 4.69) is 39.2 Å². The minimum atomic E-state index is -2.18. The van der Waals surface area contributed by atoms with Crippen LogP contribution in [0.1, 0.15) is 69.4 Å². The van der Waals surface area contributed by atoms with Crippen LogP contribution in [0.15, 0.2) is 72.8 Å². The van der Waals surface area contributed by atoms with E-state index in [9.17, 15) is 14.4 Å². The fourth-order valence-electron chi connectivity index (χ4n) is 5.52. The number of fused-ring (bicyclic) bond motifs is 1. The molecule has 0 bridgehead atoms. The molecular weight excluding hydrogens is 620 g/mol. The van der Waals surface area contributed by atoms with Gasteiger partial charge in [-0.2, -0.15) is 0 Å². The fraction of sp³-hybridized carbons (Fsp3) is 0.417. The maximum Gasteiger partial charge on any atom is 0.308 e. The lowest BCUT2D eigenvalue weighted by molar-refractivity contribution is -0.143. The molecule has 0 aromatic heterocycles. The summed E-state index contributed by atoms with van der Waals surface area (Å²) in [4.78, 5) is 41.1. The van der Waals surface area contributed by atoms with Gasteiger partial charge in [0.2, 0.25) is 5.91 Å². The van der Waals surface area contributed by atoms with Crippen LogP contribution in [0.25, 0.3) is 0 Å². The number of hydrogen-bond donors (Lipinski definition) is 1. The van der Waals surface area contributed by atoms with Crippen LogP contribution in [0.4, 0.5) is 11.4 Å². The summed E-state index contributed by atoms with van der Waals surface area (Å²) in [5.74, 6) is -0.0483. The smallest absolute Gasteiger partial charge is 0.308 e. The maximum atomic E-state index is 14.1. The number of ketones is 1. The summed E-state index contributed by atoms with van der Waals surface area (Å²) in [7, 11) is -0.816. The van der Waals surface area contributed by atoms with Crippen LogP contribution < -0.4 is 15.0 Å². The molecule has 0 spiro atoms. The third-order valence-corrected chi connectivity index (χ3v) is 13.8. The molecule has 4 rings (SSSR count). The number of carbonyl (C=O) groups excluding carboxylic acids is 3. The molecule has 0 unspecified atom stereocenters. The van der Waals surface area contributed by atoms with E-state index in [1.54, 1.807) is 41.3 Å². The molecule has 1 amide bonds. The van der Waals surface area contributed by atoms with Crippen molar-refractivity contribution in [1.29, 1.82) is 0 Å². The number of esters is 1. The Balaban J connectivity index is 1.55. The van der Waals surface area contributed by atoms with Gasteiger partial charge in [0, 0.05) is 35.3 Å². The van der Waals surface area contributed by atoms with Crippen molar-refractivity contribution >= 4 is 49.0 Å². The summed E-state index contributed by atoms with van der Waals surface area (Å²) in [6, 6.07) is 21.5. The number of nitrogens with one attached hydrogen (secondary N) is 1. The Bertz CT molecular complexity index is 1550. The quantitative estimate of drug-likeness (QED) is 0.125. The molecule has 8 nitrogen and oxygen atoms in total. The topological polar surface area (TPSA) is 94.2 Å². The minimum Gasteiger partial charge on any atom is -0.491 e. The second-order valence-electron chi connectivity index (χ2n) is 13.6. The highest BCUT2D eigenvalue weighted by molar-refractivity contribution is 6.74. The van der Waals surface area contributed by atoms with Gasteiger partial charge in [-0.15, -0.1) is 0 Å². The van der Waals surface area contributed by atoms with Gasteiger partial charge in [0.05, 0.1) is 25.7 Å². The van der Waals surface area contributed by atoms with E-state index in [0.717, 1.165) is 11.3 Å². The molecule has 1 aliphatic rings. The van der Waals surface area contributed by atoms with Gasteiger partial charge in [0.1, 0.15) is 17.9 Å². The summed E-state index contributed by atoms with van der Waals surface area (Å²) in [6.07, 6.45) is -0.0371. The fourth-order valence-corrected chi connectivity index (χ4v) is 6.98. The minimum absolute atomic E-state index is 0.0393. The van der Waals surface area contributed by atoms with E-state index in [-0.39, 0.29) is 41.8 Å². The summed E-state index contributed by atoms with van der Waals surface area (Å²) >= 11 is 6.14. The normalized spacial score (nSPS) is 18.5. The van der Waals surface area contributed by atoms with Crippen molar-refractivity contribution in [2.45, 2.75) is 83.3 Å². The number of methoxy groups -OCH3 is 1. The number of amides is 1. The van der Waals surface area contributed by atoms with Crippen molar-refractivity contribution in [2.75, 3.05) is 23.9 Å². The predicted molar refractivity (Wildman–Crippen MR) is 185 cm³/mol. The summed E-state index contributed by atoms with van der Waals surface area (Å²) in [5, 5.41) is 4.01. The zero-order chi connectivity index (χ0) is 33.9. The zero-order valence-corrected chi connectivity index (χ0v) is 29.7. The van der Waals surface area contributed by atoms with Crippen LogP contribution in [0.5, 0.6) is 5.75 Å². The van der Waals surface area contributed by atoms with Gasteiger partial charge in [0.15, 0.2) is 14.1 Å². The Morgan fingerprint density at radius 3 is 2.24 bits per heavy atom. The van der Waals surface area contributed by atoms with Gasteiger partial charge in [-0.1, -0.05) is 50.6 Å². The van der Waals surface area contributed by atoms with Crippen LogP contribution in [0, 0.1) is 0 Å². The van der Waals surface area contributed by atoms with Crippen molar-refractivity contribution in [3.8, 4) is 5.75 Å². The number of anilines is 2. The van der Waals surface area contributed by atoms with E-state index in [1.165, 1.54) is 14.0 Å². The first-order valence-corrected chi connectivity index (χ1v) is 18.8. The lowest BCUT2D eigenvalue weighted by Crippen LogP contribution is -2.51. The number of para-hydroxylation sites is 1. The van der Waals surface area contributed by atoms with Gasteiger partial charge in [-0.05, 0) is 85.2 Å². The number of ether oxygens (including phenoxy) is 2. The molecule has 0 saturated carbocycles. The number of hydrogen-bond acceptors (Lipinski definition) is 7. The Morgan fingerprint density at radius 2 is 1.65 bits per heavy atom. The van der Waals surface area contributed by atoms with Crippen molar-refractivity contribution in [2.24, 2.45) is 0 Å². The molecule has 3 aromatic rings. The van der Waals surface area contributed by atoms with Crippen molar-refractivity contribution < 1.29 is 28.3 Å². The molecule has 3 aromatic carbocycles. The lowest BCUT2D eigenvalue weighted by Gasteiger charge is -2.44. The van der Waals surface area contributed by atoms with Crippen molar-refractivity contribution in [3.05, 3.63) is 88.9 Å². The molecule has 1 N–H and O–H groups in total. The number of Topliss-reactive ketones (excluding diaryl/α,β-unsaturated/α-hetero) is 1. The highest BCUT2D eigenvalue weighted by atomic mass is 35.5. The SMILES string of the molecule is COC(=O)C[C@@H](COc1ccc(C(=O)[C@]2(C)C[C@@H](N(C(C)=O)c3ccc(Cl)cc3)c3ccccc3N2)cc1)O[Si](C)(C)C(C)(C)C. The predicted octanol–water partition coefficient (Wildman–Crippen LogP) is 8.22. The Kier molecular flexibility index (Phi) is 10.7. The standard InChI is InChI=1S/C36H45ClN2O6Si/c1-24(40)39(27-17-15-26(37)16-18-27)32-22-36(5,38-31-12-10-9-11-30(31)32)34(42)25-13-19-28(20-14-25)44-23-29(21-33(41)43-6)45-46(7,8)35(2,3)4/h9-20,29,32,38H,21-23H2,1-8H3/t29-,32+,36-/m0/s1. The van der Waals surface area contributed by atoms with Gasteiger partial charge < -0.3 is 24.1 Å². The molecular formula is C36H45ClN2O6Si. The summed E-state index contributed by atoms with van der Waals surface area (Å²) < 4.78 is 17.4. The largest absolute Gasteiger partial charge is 0.491 e. The van der Waals surface area contributed by atoms with Gasteiger partial charge in [0.25, 0.3) is 0 Å². The second kappa shape index (κ2) is 14.0. The molecule has 3 atom stereocenters. The average molecular weight is 665 g/mol. The first-order valence-electron chi connectivity index (χ1n) is 15.5. The number of halogens is 1. The van der Waals surface area contributed by atoms with Crippen LogP contribution in [-0.4, -0.2) is 51.3 Å². The summed E-state index contributed by atoms with van der Waals surface area (Å²) in [5.41, 5.74) is 1.93. The van der Waals surface area contributed by atoms with Gasteiger partial charge in [-0.25, -0.2) is 0 Å². The van der Waals surface area contributed by atoms with E-state index >= 15 is 0 Å². The zero-order valence-electron chi connectivity index (χ0n) is 28.0. The van der Waals surface area contributed by atoms with E-state index in [1.807, 2.05) is 43.3 Å². The van der Waals surface area contributed by atoms with Gasteiger partial charge in [-0.3, -0.25) is 14.4 Å². The highest BCUT2D eigenvalue weighted by Crippen LogP contribution is 2.44. The molecule has 46 heavy (non-hydrogen) atoms. The molecule has 0 fully saturated rings. The van der Waals surface area contributed by atoms with Crippen LogP contribution in [0.2, 0.25) is 23.2 Å². The third-order valence-electron chi connectivity index (χ3n) is 9.03. The van der Waals surface area contributed by atoms with Crippen LogP contribution >= 0.6 is 11.6 Å². The first kappa shape index (κ1) is 35.2. The second-order valence-corrected chi connectivity index (χ2v) is 18.8. The first-order chi connectivity index (χ1) is 21.5. The summed E-state index contributed by atoms with van der Waals surface area (Å²) in [6.45, 7) is 14.3. The monoisotopic (exact) mass is 664 g/mol. The van der Waals surface area contributed by atoms with E-state index < -0.39 is 20.0 Å². The van der Waals surface area contributed by atoms with Crippen LogP contribution in [0.3, 0.4) is 0 Å². The number of benzene rings is 3. The lowest BCUT2D eigenvalue weighted by atomic mass is 9.78. The van der Waals surface area contributed by atoms with E-state index in [0.29, 0.717) is 28.4 Å². The molecule has 10 heteroatoms. The number of nitrogens with zero attached hydrogens (tertiary/aromatic N) is 1. The maximum absolute atomic E-state index is 14.1. The average Bonchev–Trinajstić information content (AvgIpc) is 2.99. The Hall–Kier alpha value is -3.66. The van der Waals surface area contributed by atoms with Crippen LogP contribution in [-0.2, 0) is 18.8 Å². The number of rotatable bonds is 11. The Labute approximate surface area is 278 Å². The molecule has 1 aliphatic heterocycles. The molecule has 0 saturated heterocycles. The molecule has 0 radical (unpaired) electrons. The molecule has 0 aliphatic carbocycles. The Morgan fingerprint density at radius 1 is 1.02 bits per heavy atom. The number of carbonyl (C=O) groups is 3. The van der Waals surface area contributed by atoms with Crippen molar-refractivity contribution in [3.63, 3.8) is 0 Å². The molecule has 246 valence electrons. The highest BCUT2D eigenvalue weighted by Gasteiger charge is 2.44. The van der Waals surface area contributed by atoms with Crippen molar-refractivity contribution in [1.82, 2.24) is 0 Å².